The summed E-state index contributed by atoms with van der Waals surface area (Å²) in [6, 6.07) is 0. The molecule has 0 saturated heterocycles. The fourth-order valence-electron chi connectivity index (χ4n) is 1.41. The molecule has 2 N–H and O–H groups in total. The van der Waals surface area contributed by atoms with E-state index in [9.17, 15) is 9.59 Å². The molecule has 1 amide bonds. The number of nitrogens with one attached hydrogen (secondary N) is 1. The van der Waals surface area contributed by atoms with Gasteiger partial charge in [0.1, 0.15) is 5.54 Å². The molecule has 1 rings (SSSR count). The molecule has 1 aliphatic carbocycles. The molecule has 4 nitrogen and oxygen atoms in total. The summed E-state index contributed by atoms with van der Waals surface area (Å²) in [4.78, 5) is 22.9. The first-order valence-corrected chi connectivity index (χ1v) is 5.24. The van der Waals surface area contributed by atoms with Gasteiger partial charge in [0.05, 0.1) is 0 Å². The van der Waals surface area contributed by atoms with E-state index in [1.165, 1.54) is 0 Å². The molecule has 1 atom stereocenters. The Morgan fingerprint density at radius 3 is 1.93 bits per heavy atom. The Balaban J connectivity index is 2.76. The second-order valence-electron chi connectivity index (χ2n) is 5.49. The number of carbonyl (C=O) groups is 2. The molecular formula is C11H19NO3. The van der Waals surface area contributed by atoms with E-state index >= 15 is 0 Å². The molecule has 0 spiro atoms. The molecule has 0 bridgehead atoms. The molecule has 0 aromatic carbocycles. The van der Waals surface area contributed by atoms with E-state index in [2.05, 4.69) is 5.32 Å². The average molecular weight is 213 g/mol. The highest BCUT2D eigenvalue weighted by atomic mass is 16.4. The molecular weight excluding hydrogens is 194 g/mol. The molecule has 0 heterocycles. The van der Waals surface area contributed by atoms with Crippen molar-refractivity contribution < 1.29 is 14.7 Å². The maximum atomic E-state index is 11.7. The predicted molar refractivity (Wildman–Crippen MR) is 56.4 cm³/mol. The van der Waals surface area contributed by atoms with Crippen LogP contribution in [0.15, 0.2) is 0 Å². The van der Waals surface area contributed by atoms with Gasteiger partial charge in [-0.05, 0) is 25.7 Å². The SMILES string of the molecule is CC(C)(C)C(=O)NC(C)(C(=O)O)C1CC1. The molecule has 86 valence electrons. The first-order chi connectivity index (χ1) is 6.68. The minimum Gasteiger partial charge on any atom is -0.480 e. The number of carbonyl (C=O) groups excluding carboxylic acids is 1. The molecule has 0 aliphatic heterocycles. The Bertz CT molecular complexity index is 289. The molecule has 0 aromatic heterocycles. The van der Waals surface area contributed by atoms with E-state index in [0.717, 1.165) is 12.8 Å². The largest absolute Gasteiger partial charge is 0.480 e. The van der Waals surface area contributed by atoms with Gasteiger partial charge in [-0.25, -0.2) is 4.79 Å². The number of hydrogen-bond acceptors (Lipinski definition) is 2. The third-order valence-electron chi connectivity index (χ3n) is 2.89. The number of carboxylic acid groups (broad SMARTS) is 1. The molecule has 1 unspecified atom stereocenters. The maximum Gasteiger partial charge on any atom is 0.329 e. The summed E-state index contributed by atoms with van der Waals surface area (Å²) < 4.78 is 0. The summed E-state index contributed by atoms with van der Waals surface area (Å²) in [5, 5.41) is 11.8. The van der Waals surface area contributed by atoms with Crippen molar-refractivity contribution in [3.05, 3.63) is 0 Å². The van der Waals surface area contributed by atoms with Crippen LogP contribution in [0, 0.1) is 11.3 Å². The third-order valence-corrected chi connectivity index (χ3v) is 2.89. The lowest BCUT2D eigenvalue weighted by molar-refractivity contribution is -0.149. The van der Waals surface area contributed by atoms with Crippen molar-refractivity contribution in [1.82, 2.24) is 5.32 Å². The smallest absolute Gasteiger partial charge is 0.329 e. The first kappa shape index (κ1) is 12.0. The van der Waals surface area contributed by atoms with Crippen LogP contribution in [0.25, 0.3) is 0 Å². The second kappa shape index (κ2) is 3.51. The standard InChI is InChI=1S/C11H19NO3/c1-10(2,3)8(13)12-11(4,9(14)15)7-5-6-7/h7H,5-6H2,1-4H3,(H,12,13)(H,14,15). The minimum absolute atomic E-state index is 0.0845. The van der Waals surface area contributed by atoms with Gasteiger partial charge in [-0.15, -0.1) is 0 Å². The Morgan fingerprint density at radius 2 is 1.67 bits per heavy atom. The fourth-order valence-corrected chi connectivity index (χ4v) is 1.41. The van der Waals surface area contributed by atoms with Crippen LogP contribution >= 0.6 is 0 Å². The lowest BCUT2D eigenvalue weighted by Gasteiger charge is -2.30. The van der Waals surface area contributed by atoms with Gasteiger partial charge < -0.3 is 10.4 Å². The van der Waals surface area contributed by atoms with Crippen LogP contribution in [0.3, 0.4) is 0 Å². The summed E-state index contributed by atoms with van der Waals surface area (Å²) in [5.74, 6) is -1.07. The van der Waals surface area contributed by atoms with Crippen molar-refractivity contribution in [2.75, 3.05) is 0 Å². The van der Waals surface area contributed by atoms with Gasteiger partial charge in [-0.3, -0.25) is 4.79 Å². The number of aliphatic carboxylic acids is 1. The molecule has 1 aliphatic rings. The van der Waals surface area contributed by atoms with Gasteiger partial charge in [0, 0.05) is 5.41 Å². The summed E-state index contributed by atoms with van der Waals surface area (Å²) in [6.45, 7) is 6.92. The summed E-state index contributed by atoms with van der Waals surface area (Å²) in [6.07, 6.45) is 1.76. The van der Waals surface area contributed by atoms with Crippen molar-refractivity contribution in [1.29, 1.82) is 0 Å². The number of hydrogen-bond donors (Lipinski definition) is 2. The zero-order chi connectivity index (χ0) is 11.9. The van der Waals surface area contributed by atoms with Crippen LogP contribution in [0.1, 0.15) is 40.5 Å². The van der Waals surface area contributed by atoms with E-state index in [0.29, 0.717) is 0 Å². The highest BCUT2D eigenvalue weighted by Gasteiger charge is 2.49. The highest BCUT2D eigenvalue weighted by Crippen LogP contribution is 2.40. The van der Waals surface area contributed by atoms with E-state index in [-0.39, 0.29) is 11.8 Å². The van der Waals surface area contributed by atoms with Crippen molar-refractivity contribution in [2.45, 2.75) is 46.1 Å². The van der Waals surface area contributed by atoms with Crippen LogP contribution in [-0.4, -0.2) is 22.5 Å². The van der Waals surface area contributed by atoms with Crippen molar-refractivity contribution in [3.63, 3.8) is 0 Å². The van der Waals surface area contributed by atoms with Gasteiger partial charge in [0.25, 0.3) is 0 Å². The fraction of sp³-hybridized carbons (Fsp3) is 0.818. The van der Waals surface area contributed by atoms with Gasteiger partial charge in [-0.1, -0.05) is 20.8 Å². The van der Waals surface area contributed by atoms with E-state index in [1.54, 1.807) is 27.7 Å². The third kappa shape index (κ3) is 2.49. The maximum absolute atomic E-state index is 11.7. The molecule has 0 aromatic rings. The van der Waals surface area contributed by atoms with E-state index in [4.69, 9.17) is 5.11 Å². The van der Waals surface area contributed by atoms with Crippen molar-refractivity contribution >= 4 is 11.9 Å². The van der Waals surface area contributed by atoms with Crippen molar-refractivity contribution in [2.24, 2.45) is 11.3 Å². The summed E-state index contributed by atoms with van der Waals surface area (Å²) in [7, 11) is 0. The second-order valence-corrected chi connectivity index (χ2v) is 5.49. The zero-order valence-electron chi connectivity index (χ0n) is 9.76. The molecule has 1 fully saturated rings. The number of carboxylic acids is 1. The van der Waals surface area contributed by atoms with Crippen LogP contribution < -0.4 is 5.32 Å². The lowest BCUT2D eigenvalue weighted by Crippen LogP contribution is -2.56. The minimum atomic E-state index is -1.09. The van der Waals surface area contributed by atoms with Crippen molar-refractivity contribution in [3.8, 4) is 0 Å². The van der Waals surface area contributed by atoms with E-state index < -0.39 is 16.9 Å². The monoisotopic (exact) mass is 213 g/mol. The van der Waals surface area contributed by atoms with Crippen LogP contribution in [0.5, 0.6) is 0 Å². The lowest BCUT2D eigenvalue weighted by atomic mass is 9.90. The van der Waals surface area contributed by atoms with E-state index in [1.807, 2.05) is 0 Å². The van der Waals surface area contributed by atoms with Gasteiger partial charge in [-0.2, -0.15) is 0 Å². The van der Waals surface area contributed by atoms with Gasteiger partial charge in [0.2, 0.25) is 5.91 Å². The predicted octanol–water partition coefficient (Wildman–Crippen LogP) is 1.40. The van der Waals surface area contributed by atoms with Gasteiger partial charge in [0.15, 0.2) is 0 Å². The molecule has 15 heavy (non-hydrogen) atoms. The molecule has 4 heteroatoms. The normalized spacial score (nSPS) is 20.5. The molecule has 1 saturated carbocycles. The van der Waals surface area contributed by atoms with Gasteiger partial charge >= 0.3 is 5.97 Å². The average Bonchev–Trinajstić information content (AvgIpc) is 2.83. The quantitative estimate of drug-likeness (QED) is 0.744. The summed E-state index contributed by atoms with van der Waals surface area (Å²) in [5.41, 5.74) is -1.64. The highest BCUT2D eigenvalue weighted by molar-refractivity contribution is 5.89. The first-order valence-electron chi connectivity index (χ1n) is 5.24. The Kier molecular flexibility index (Phi) is 2.81. The van der Waals surface area contributed by atoms with Crippen LogP contribution in [0.2, 0.25) is 0 Å². The Morgan fingerprint density at radius 1 is 1.20 bits per heavy atom. The zero-order valence-corrected chi connectivity index (χ0v) is 9.76. The Labute approximate surface area is 90.0 Å². The van der Waals surface area contributed by atoms with Crippen LogP contribution in [0.4, 0.5) is 0 Å². The number of amides is 1. The Hall–Kier alpha value is -1.06. The summed E-state index contributed by atoms with van der Waals surface area (Å²) >= 11 is 0. The number of rotatable bonds is 3. The van der Waals surface area contributed by atoms with Crippen LogP contribution in [-0.2, 0) is 9.59 Å². The topological polar surface area (TPSA) is 66.4 Å². The molecule has 0 radical (unpaired) electrons.